The highest BCUT2D eigenvalue weighted by Crippen LogP contribution is 2.16. The molecule has 0 aliphatic carbocycles. The normalized spacial score (nSPS) is 18.7. The van der Waals surface area contributed by atoms with Crippen molar-refractivity contribution in [3.05, 3.63) is 0 Å². The first-order chi connectivity index (χ1) is 11.1. The van der Waals surface area contributed by atoms with Gasteiger partial charge < -0.3 is 21.3 Å². The summed E-state index contributed by atoms with van der Waals surface area (Å²) in [7, 11) is 0. The van der Waals surface area contributed by atoms with E-state index in [1.54, 1.807) is 0 Å². The largest absolute Gasteiger partial charge is 0.369 e. The van der Waals surface area contributed by atoms with Gasteiger partial charge in [0.05, 0.1) is 0 Å². The molecule has 1 heterocycles. The number of aliphatic imine (C=N–C) groups is 1. The van der Waals surface area contributed by atoms with Gasteiger partial charge in [-0.25, -0.2) is 0 Å². The topological polar surface area (TPSA) is 82.8 Å². The van der Waals surface area contributed by atoms with E-state index < -0.39 is 0 Å². The molecule has 1 rings (SSSR count). The Bertz CT molecular complexity index is 364. The summed E-state index contributed by atoms with van der Waals surface area (Å²) in [5, 5.41) is 6.70. The second-order valence-electron chi connectivity index (χ2n) is 6.44. The van der Waals surface area contributed by atoms with Crippen LogP contribution in [0.2, 0.25) is 0 Å². The first-order valence-corrected chi connectivity index (χ1v) is 9.13. The van der Waals surface area contributed by atoms with Gasteiger partial charge in [0.2, 0.25) is 5.91 Å². The van der Waals surface area contributed by atoms with Gasteiger partial charge in [0, 0.05) is 25.0 Å². The van der Waals surface area contributed by atoms with Crippen molar-refractivity contribution in [1.82, 2.24) is 15.5 Å². The van der Waals surface area contributed by atoms with Crippen LogP contribution < -0.4 is 16.4 Å². The molecular weight excluding hydrogens is 290 g/mol. The van der Waals surface area contributed by atoms with Gasteiger partial charge in [0.25, 0.3) is 0 Å². The molecule has 0 aromatic rings. The molecule has 0 saturated carbocycles. The first-order valence-electron chi connectivity index (χ1n) is 9.13. The van der Waals surface area contributed by atoms with E-state index in [0.29, 0.717) is 6.04 Å². The van der Waals surface area contributed by atoms with Gasteiger partial charge in [-0.05, 0) is 65.6 Å². The number of primary amides is 1. The smallest absolute Gasteiger partial charge is 0.220 e. The van der Waals surface area contributed by atoms with Crippen LogP contribution in [0.4, 0.5) is 0 Å². The Kier molecular flexibility index (Phi) is 9.67. The molecule has 0 aromatic heterocycles. The van der Waals surface area contributed by atoms with Crippen LogP contribution in [0, 0.1) is 5.92 Å². The van der Waals surface area contributed by atoms with Crippen molar-refractivity contribution in [2.75, 3.05) is 32.7 Å². The number of carbonyl (C=O) groups is 1. The molecular formula is C17H35N5O. The standard InChI is InChI=1S/C17H35N5O/c1-4-14(3)21-17(19-5-2)20-10-6-7-11-22-12-8-15(9-13-22)16(18)23/h14-15H,4-13H2,1-3H3,(H2,18,23)(H2,19,20,21). The molecule has 0 bridgehead atoms. The number of nitrogens with one attached hydrogen (secondary N) is 2. The molecule has 1 fully saturated rings. The van der Waals surface area contributed by atoms with E-state index in [1.165, 1.54) is 0 Å². The van der Waals surface area contributed by atoms with Crippen LogP contribution in [0.5, 0.6) is 0 Å². The van der Waals surface area contributed by atoms with E-state index in [-0.39, 0.29) is 11.8 Å². The molecule has 1 aliphatic heterocycles. The lowest BCUT2D eigenvalue weighted by Gasteiger charge is -2.30. The predicted octanol–water partition coefficient (Wildman–Crippen LogP) is 1.32. The third kappa shape index (κ3) is 8.21. The second-order valence-corrected chi connectivity index (χ2v) is 6.44. The number of piperidine rings is 1. The summed E-state index contributed by atoms with van der Waals surface area (Å²) in [5.41, 5.74) is 5.37. The molecule has 1 unspecified atom stereocenters. The Hall–Kier alpha value is -1.30. The van der Waals surface area contributed by atoms with E-state index in [0.717, 1.165) is 70.8 Å². The van der Waals surface area contributed by atoms with Crippen LogP contribution >= 0.6 is 0 Å². The maximum Gasteiger partial charge on any atom is 0.220 e. The average Bonchev–Trinajstić information content (AvgIpc) is 2.54. The SMILES string of the molecule is CCNC(=NCCCCN1CCC(C(N)=O)CC1)NC(C)CC. The van der Waals surface area contributed by atoms with Crippen LogP contribution in [0.3, 0.4) is 0 Å². The number of rotatable bonds is 9. The Morgan fingerprint density at radius 3 is 2.57 bits per heavy atom. The summed E-state index contributed by atoms with van der Waals surface area (Å²) in [4.78, 5) is 18.2. The average molecular weight is 326 g/mol. The van der Waals surface area contributed by atoms with Gasteiger partial charge in [0.15, 0.2) is 5.96 Å². The van der Waals surface area contributed by atoms with E-state index in [4.69, 9.17) is 5.73 Å². The fourth-order valence-electron chi connectivity index (χ4n) is 2.73. The molecule has 1 amide bonds. The van der Waals surface area contributed by atoms with Crippen LogP contribution in [-0.2, 0) is 4.79 Å². The Labute approximate surface area is 141 Å². The van der Waals surface area contributed by atoms with Crippen molar-refractivity contribution < 1.29 is 4.79 Å². The van der Waals surface area contributed by atoms with E-state index in [2.05, 4.69) is 41.3 Å². The number of hydrogen-bond donors (Lipinski definition) is 3. The van der Waals surface area contributed by atoms with Crippen LogP contribution in [0.1, 0.15) is 52.9 Å². The molecule has 1 aliphatic rings. The van der Waals surface area contributed by atoms with E-state index >= 15 is 0 Å². The van der Waals surface area contributed by atoms with Crippen molar-refractivity contribution in [3.8, 4) is 0 Å². The highest BCUT2D eigenvalue weighted by atomic mass is 16.1. The lowest BCUT2D eigenvalue weighted by atomic mass is 9.96. The Balaban J connectivity index is 2.18. The predicted molar refractivity (Wildman–Crippen MR) is 96.5 cm³/mol. The molecule has 0 radical (unpaired) electrons. The summed E-state index contributed by atoms with van der Waals surface area (Å²) < 4.78 is 0. The monoisotopic (exact) mass is 325 g/mol. The number of carbonyl (C=O) groups excluding carboxylic acids is 1. The first kappa shape index (κ1) is 19.7. The summed E-state index contributed by atoms with van der Waals surface area (Å²) in [6, 6.07) is 0.444. The highest BCUT2D eigenvalue weighted by Gasteiger charge is 2.22. The molecule has 4 N–H and O–H groups in total. The highest BCUT2D eigenvalue weighted by molar-refractivity contribution is 5.80. The third-order valence-electron chi connectivity index (χ3n) is 4.48. The molecule has 23 heavy (non-hydrogen) atoms. The Morgan fingerprint density at radius 1 is 1.30 bits per heavy atom. The zero-order valence-electron chi connectivity index (χ0n) is 15.1. The van der Waals surface area contributed by atoms with Crippen molar-refractivity contribution in [1.29, 1.82) is 0 Å². The number of hydrogen-bond acceptors (Lipinski definition) is 3. The number of amides is 1. The minimum Gasteiger partial charge on any atom is -0.369 e. The minimum atomic E-state index is -0.135. The van der Waals surface area contributed by atoms with Gasteiger partial charge in [-0.1, -0.05) is 6.92 Å². The van der Waals surface area contributed by atoms with Gasteiger partial charge >= 0.3 is 0 Å². The molecule has 1 saturated heterocycles. The molecule has 134 valence electrons. The number of nitrogens with zero attached hydrogens (tertiary/aromatic N) is 2. The van der Waals surface area contributed by atoms with Crippen molar-refractivity contribution >= 4 is 11.9 Å². The van der Waals surface area contributed by atoms with Crippen molar-refractivity contribution in [2.45, 2.75) is 58.9 Å². The van der Waals surface area contributed by atoms with Crippen LogP contribution in [0.25, 0.3) is 0 Å². The number of unbranched alkanes of at least 4 members (excludes halogenated alkanes) is 1. The van der Waals surface area contributed by atoms with E-state index in [1.807, 2.05) is 0 Å². The Morgan fingerprint density at radius 2 is 2.00 bits per heavy atom. The zero-order valence-corrected chi connectivity index (χ0v) is 15.1. The van der Waals surface area contributed by atoms with Crippen LogP contribution in [-0.4, -0.2) is 55.5 Å². The number of likely N-dealkylation sites (tertiary alicyclic amines) is 1. The third-order valence-corrected chi connectivity index (χ3v) is 4.48. The molecule has 6 nitrogen and oxygen atoms in total. The van der Waals surface area contributed by atoms with Crippen LogP contribution in [0.15, 0.2) is 4.99 Å². The summed E-state index contributed by atoms with van der Waals surface area (Å²) in [5.74, 6) is 0.873. The fraction of sp³-hybridized carbons (Fsp3) is 0.882. The fourth-order valence-corrected chi connectivity index (χ4v) is 2.73. The molecule has 0 spiro atoms. The quantitative estimate of drug-likeness (QED) is 0.339. The summed E-state index contributed by atoms with van der Waals surface area (Å²) in [6.07, 6.45) is 5.15. The van der Waals surface area contributed by atoms with Gasteiger partial charge in [0.1, 0.15) is 0 Å². The number of nitrogens with two attached hydrogens (primary N) is 1. The van der Waals surface area contributed by atoms with Gasteiger partial charge in [-0.3, -0.25) is 9.79 Å². The molecule has 6 heteroatoms. The lowest BCUT2D eigenvalue weighted by molar-refractivity contribution is -0.123. The maximum absolute atomic E-state index is 11.2. The van der Waals surface area contributed by atoms with Crippen molar-refractivity contribution in [3.63, 3.8) is 0 Å². The van der Waals surface area contributed by atoms with Gasteiger partial charge in [-0.15, -0.1) is 0 Å². The summed E-state index contributed by atoms with van der Waals surface area (Å²) in [6.45, 7) is 11.2. The minimum absolute atomic E-state index is 0.0881. The summed E-state index contributed by atoms with van der Waals surface area (Å²) >= 11 is 0. The second kappa shape index (κ2) is 11.3. The molecule has 0 aromatic carbocycles. The van der Waals surface area contributed by atoms with Crippen molar-refractivity contribution in [2.24, 2.45) is 16.6 Å². The zero-order chi connectivity index (χ0) is 17.1. The van der Waals surface area contributed by atoms with E-state index in [9.17, 15) is 4.79 Å². The maximum atomic E-state index is 11.2. The lowest BCUT2D eigenvalue weighted by Crippen LogP contribution is -2.42. The van der Waals surface area contributed by atoms with Gasteiger partial charge in [-0.2, -0.15) is 0 Å². The number of guanidine groups is 1. The molecule has 1 atom stereocenters.